The molecule has 0 aliphatic carbocycles. The maximum atomic E-state index is 11.7. The number of likely N-dealkylation sites (N-methyl/N-ethyl adjacent to an activating group) is 1. The van der Waals surface area contributed by atoms with Crippen molar-refractivity contribution in [1.29, 1.82) is 0 Å². The summed E-state index contributed by atoms with van der Waals surface area (Å²) in [6.45, 7) is 4.30. The fraction of sp³-hybridized carbons (Fsp3) is 0.500. The van der Waals surface area contributed by atoms with Gasteiger partial charge in [-0.25, -0.2) is 4.79 Å². The molecule has 2 amide bonds. The van der Waals surface area contributed by atoms with Gasteiger partial charge < -0.3 is 10.6 Å². The number of aryl methyl sites for hydroxylation is 1. The van der Waals surface area contributed by atoms with Crippen LogP contribution in [-0.4, -0.2) is 32.2 Å². The van der Waals surface area contributed by atoms with Crippen LogP contribution in [0.25, 0.3) is 0 Å². The number of hydrogen-bond donors (Lipinski definition) is 2. The van der Waals surface area contributed by atoms with E-state index in [-0.39, 0.29) is 12.1 Å². The molecule has 1 fully saturated rings. The maximum Gasteiger partial charge on any atom is 0.319 e. The van der Waals surface area contributed by atoms with Gasteiger partial charge in [-0.1, -0.05) is 17.7 Å². The van der Waals surface area contributed by atoms with Gasteiger partial charge in [0, 0.05) is 12.1 Å². The molecule has 0 aromatic heterocycles. The van der Waals surface area contributed by atoms with Crippen LogP contribution in [0.1, 0.15) is 23.5 Å². The number of fused-ring (bicyclic) bond motifs is 3. The number of nitrogens with one attached hydrogen (secondary N) is 1. The number of primary amides is 1. The fourth-order valence-corrected chi connectivity index (χ4v) is 3.49. The molecule has 3 N–H and O–H groups in total. The van der Waals surface area contributed by atoms with E-state index in [1.165, 1.54) is 16.0 Å². The van der Waals surface area contributed by atoms with Gasteiger partial charge in [0.15, 0.2) is 0 Å². The second-order valence-corrected chi connectivity index (χ2v) is 5.64. The Bertz CT molecular complexity index is 500. The number of nitrogens with zero attached hydrogens (tertiary/aromatic N) is 1. The van der Waals surface area contributed by atoms with Crippen molar-refractivity contribution in [1.82, 2.24) is 0 Å². The van der Waals surface area contributed by atoms with Crippen molar-refractivity contribution < 1.29 is 9.69 Å². The molecule has 4 heteroatoms. The minimum atomic E-state index is -0.313. The largest absolute Gasteiger partial charge is 0.351 e. The summed E-state index contributed by atoms with van der Waals surface area (Å²) in [6, 6.07) is 6.27. The van der Waals surface area contributed by atoms with Crippen LogP contribution < -0.4 is 15.5 Å². The lowest BCUT2D eigenvalue weighted by atomic mass is 9.89. The van der Waals surface area contributed by atoms with Crippen molar-refractivity contribution in [3.05, 3.63) is 29.3 Å². The van der Waals surface area contributed by atoms with Gasteiger partial charge >= 0.3 is 6.03 Å². The molecule has 2 aliphatic heterocycles. The number of urea groups is 1. The van der Waals surface area contributed by atoms with Crippen molar-refractivity contribution in [3.8, 4) is 0 Å². The average Bonchev–Trinajstić information content (AvgIpc) is 2.62. The summed E-state index contributed by atoms with van der Waals surface area (Å²) in [5.41, 5.74) is 9.15. The summed E-state index contributed by atoms with van der Waals surface area (Å²) >= 11 is 0. The Labute approximate surface area is 107 Å². The topological polar surface area (TPSA) is 50.8 Å². The molecule has 0 bridgehead atoms. The van der Waals surface area contributed by atoms with Crippen molar-refractivity contribution >= 4 is 11.7 Å². The lowest BCUT2D eigenvalue weighted by Crippen LogP contribution is -3.11. The molecule has 0 saturated carbocycles. The summed E-state index contributed by atoms with van der Waals surface area (Å²) < 4.78 is 0. The molecular weight excluding hydrogens is 226 g/mol. The van der Waals surface area contributed by atoms with Gasteiger partial charge in [-0.05, 0) is 18.6 Å². The number of quaternary nitrogens is 1. The first-order valence-electron chi connectivity index (χ1n) is 6.58. The number of anilines is 1. The first-order valence-corrected chi connectivity index (χ1v) is 6.58. The number of carbonyl (C=O) groups excluding carboxylic acids is 1. The third kappa shape index (κ3) is 1.60. The lowest BCUT2D eigenvalue weighted by molar-refractivity contribution is -0.886. The van der Waals surface area contributed by atoms with Crippen LogP contribution in [0.2, 0.25) is 0 Å². The molecule has 4 nitrogen and oxygen atoms in total. The summed E-state index contributed by atoms with van der Waals surface area (Å²) in [7, 11) is 2.22. The Morgan fingerprint density at radius 2 is 2.28 bits per heavy atom. The standard InChI is InChI=1S/C14H19N3O/c1-9-3-4-12-10(7-9)11-8-16(2)6-5-13(11)17(12)14(15)18/h3-4,7,11,13H,5-6,8H2,1-2H3,(H2,15,18)/p+1/t11-,13-/m0/s1. The van der Waals surface area contributed by atoms with E-state index in [9.17, 15) is 4.79 Å². The minimum Gasteiger partial charge on any atom is -0.351 e. The molecule has 18 heavy (non-hydrogen) atoms. The smallest absolute Gasteiger partial charge is 0.319 e. The highest BCUT2D eigenvalue weighted by Crippen LogP contribution is 2.42. The minimum absolute atomic E-state index is 0.267. The van der Waals surface area contributed by atoms with E-state index in [2.05, 4.69) is 26.1 Å². The highest BCUT2D eigenvalue weighted by atomic mass is 16.2. The van der Waals surface area contributed by atoms with E-state index in [4.69, 9.17) is 5.73 Å². The van der Waals surface area contributed by atoms with Crippen molar-refractivity contribution in [2.24, 2.45) is 5.73 Å². The zero-order valence-corrected chi connectivity index (χ0v) is 10.9. The predicted molar refractivity (Wildman–Crippen MR) is 71.0 cm³/mol. The fourth-order valence-electron chi connectivity index (χ4n) is 3.49. The van der Waals surface area contributed by atoms with E-state index in [0.29, 0.717) is 5.92 Å². The molecule has 2 heterocycles. The third-order valence-electron chi connectivity index (χ3n) is 4.31. The molecule has 0 spiro atoms. The summed E-state index contributed by atoms with van der Waals surface area (Å²) in [5.74, 6) is 0.446. The van der Waals surface area contributed by atoms with E-state index in [1.807, 2.05) is 11.0 Å². The van der Waals surface area contributed by atoms with Crippen LogP contribution in [0.3, 0.4) is 0 Å². The summed E-state index contributed by atoms with van der Waals surface area (Å²) in [6.07, 6.45) is 1.03. The van der Waals surface area contributed by atoms with Crippen molar-refractivity contribution in [2.45, 2.75) is 25.3 Å². The molecule has 1 unspecified atom stereocenters. The number of hydrogen-bond acceptors (Lipinski definition) is 1. The Morgan fingerprint density at radius 3 is 3.00 bits per heavy atom. The van der Waals surface area contributed by atoms with E-state index in [1.54, 1.807) is 0 Å². The van der Waals surface area contributed by atoms with Crippen LogP contribution in [0, 0.1) is 6.92 Å². The molecule has 1 aromatic rings. The van der Waals surface area contributed by atoms with Crippen LogP contribution in [0.4, 0.5) is 10.5 Å². The van der Waals surface area contributed by atoms with Crippen LogP contribution in [0.5, 0.6) is 0 Å². The quantitative estimate of drug-likeness (QED) is 0.678. The van der Waals surface area contributed by atoms with Gasteiger partial charge in [-0.2, -0.15) is 0 Å². The zero-order valence-electron chi connectivity index (χ0n) is 10.9. The molecule has 1 saturated heterocycles. The van der Waals surface area contributed by atoms with Crippen molar-refractivity contribution in [3.63, 3.8) is 0 Å². The molecular formula is C14H20N3O+. The number of likely N-dealkylation sites (tertiary alicyclic amines) is 1. The first kappa shape index (κ1) is 11.5. The summed E-state index contributed by atoms with van der Waals surface area (Å²) in [5, 5.41) is 0. The summed E-state index contributed by atoms with van der Waals surface area (Å²) in [4.78, 5) is 15.1. The Kier molecular flexibility index (Phi) is 2.55. The Hall–Kier alpha value is -1.55. The molecule has 0 radical (unpaired) electrons. The molecule has 2 aliphatic rings. The highest BCUT2D eigenvalue weighted by molar-refractivity contribution is 5.94. The van der Waals surface area contributed by atoms with Crippen molar-refractivity contribution in [2.75, 3.05) is 25.0 Å². The molecule has 1 aromatic carbocycles. The average molecular weight is 246 g/mol. The van der Waals surface area contributed by atoms with E-state index in [0.717, 1.165) is 25.2 Å². The molecule has 96 valence electrons. The third-order valence-corrected chi connectivity index (χ3v) is 4.31. The second kappa shape index (κ2) is 3.99. The number of nitrogens with two attached hydrogens (primary N) is 1. The SMILES string of the molecule is Cc1ccc2c(c1)[C@@H]1C[NH+](C)CC[C@@H]1N2C(N)=O. The maximum absolute atomic E-state index is 11.7. The number of piperidine rings is 1. The molecule has 3 rings (SSSR count). The predicted octanol–water partition coefficient (Wildman–Crippen LogP) is 0.264. The van der Waals surface area contributed by atoms with Gasteiger partial charge in [0.05, 0.1) is 32.1 Å². The van der Waals surface area contributed by atoms with Crippen LogP contribution in [-0.2, 0) is 0 Å². The monoisotopic (exact) mass is 246 g/mol. The number of carbonyl (C=O) groups is 1. The second-order valence-electron chi connectivity index (χ2n) is 5.64. The first-order chi connectivity index (χ1) is 8.58. The van der Waals surface area contributed by atoms with Gasteiger partial charge in [-0.15, -0.1) is 0 Å². The zero-order chi connectivity index (χ0) is 12.9. The normalized spacial score (nSPS) is 29.9. The van der Waals surface area contributed by atoms with Crippen LogP contribution in [0.15, 0.2) is 18.2 Å². The van der Waals surface area contributed by atoms with E-state index < -0.39 is 0 Å². The lowest BCUT2D eigenvalue weighted by Gasteiger charge is -2.33. The van der Waals surface area contributed by atoms with Gasteiger partial charge in [0.25, 0.3) is 0 Å². The molecule has 3 atom stereocenters. The van der Waals surface area contributed by atoms with Gasteiger partial charge in [0.1, 0.15) is 0 Å². The Balaban J connectivity index is 2.09. The number of rotatable bonds is 0. The number of benzene rings is 1. The van der Waals surface area contributed by atoms with E-state index >= 15 is 0 Å². The van der Waals surface area contributed by atoms with Gasteiger partial charge in [-0.3, -0.25) is 4.90 Å². The van der Waals surface area contributed by atoms with Crippen LogP contribution >= 0.6 is 0 Å². The number of amides is 2. The highest BCUT2D eigenvalue weighted by Gasteiger charge is 2.45. The Morgan fingerprint density at radius 1 is 1.50 bits per heavy atom. The van der Waals surface area contributed by atoms with Gasteiger partial charge in [0.2, 0.25) is 0 Å².